The maximum Gasteiger partial charge on any atom is 0.323 e. The Morgan fingerprint density at radius 1 is 1.03 bits per heavy atom. The summed E-state index contributed by atoms with van der Waals surface area (Å²) in [6.07, 6.45) is 0.551. The molecule has 3 aromatic rings. The molecule has 1 N–H and O–H groups in total. The van der Waals surface area contributed by atoms with Gasteiger partial charge in [0.05, 0.1) is 19.7 Å². The number of carbonyl (C=O) groups excluding carboxylic acids is 2. The molecule has 2 unspecified atom stereocenters. The van der Waals surface area contributed by atoms with E-state index in [2.05, 4.69) is 23.5 Å². The highest BCUT2D eigenvalue weighted by molar-refractivity contribution is 5.87. The summed E-state index contributed by atoms with van der Waals surface area (Å²) in [5.74, 6) is -0.414. The molecule has 1 aliphatic heterocycles. The van der Waals surface area contributed by atoms with Gasteiger partial charge in [-0.3, -0.25) is 14.5 Å². The first kappa shape index (κ1) is 20.1. The highest BCUT2D eigenvalue weighted by atomic mass is 16.5. The highest BCUT2D eigenvalue weighted by Crippen LogP contribution is 2.26. The van der Waals surface area contributed by atoms with Crippen LogP contribution in [0.1, 0.15) is 29.7 Å². The first-order chi connectivity index (χ1) is 14.6. The van der Waals surface area contributed by atoms with Crippen LogP contribution in [0.25, 0.3) is 10.8 Å². The van der Waals surface area contributed by atoms with Crippen molar-refractivity contribution in [3.05, 3.63) is 83.4 Å². The van der Waals surface area contributed by atoms with Gasteiger partial charge < -0.3 is 10.1 Å². The Kier molecular flexibility index (Phi) is 5.81. The lowest BCUT2D eigenvalue weighted by atomic mass is 9.94. The van der Waals surface area contributed by atoms with Gasteiger partial charge in [-0.2, -0.15) is 0 Å². The number of methoxy groups -OCH3 is 1. The Balaban J connectivity index is 1.50. The van der Waals surface area contributed by atoms with Gasteiger partial charge in [0.1, 0.15) is 6.04 Å². The Hall–Kier alpha value is -3.18. The summed E-state index contributed by atoms with van der Waals surface area (Å²) < 4.78 is 5.00. The summed E-state index contributed by atoms with van der Waals surface area (Å²) in [6, 6.07) is 21.7. The van der Waals surface area contributed by atoms with E-state index < -0.39 is 6.04 Å². The molecular weight excluding hydrogens is 376 g/mol. The molecule has 154 valence electrons. The van der Waals surface area contributed by atoms with E-state index in [0.717, 1.165) is 27.5 Å². The topological polar surface area (TPSA) is 58.6 Å². The van der Waals surface area contributed by atoms with Crippen molar-refractivity contribution < 1.29 is 14.3 Å². The molecule has 1 aliphatic rings. The molecule has 0 saturated carbocycles. The van der Waals surface area contributed by atoms with E-state index in [9.17, 15) is 9.59 Å². The molecule has 0 aliphatic carbocycles. The number of fused-ring (bicyclic) bond motifs is 2. The van der Waals surface area contributed by atoms with Crippen LogP contribution in [0.5, 0.6) is 0 Å². The molecule has 4 rings (SSSR count). The SMILES string of the molecule is COC(=O)C1Cc2ccccc2CN1CC(=O)NC(C)c1cccc2ccccc12. The molecule has 0 radical (unpaired) electrons. The van der Waals surface area contributed by atoms with Gasteiger partial charge in [0.2, 0.25) is 5.91 Å². The van der Waals surface area contributed by atoms with Crippen LogP contribution in [0, 0.1) is 0 Å². The Bertz CT molecular complexity index is 1070. The molecule has 1 amide bonds. The fourth-order valence-corrected chi connectivity index (χ4v) is 4.29. The fourth-order valence-electron chi connectivity index (χ4n) is 4.29. The lowest BCUT2D eigenvalue weighted by Gasteiger charge is -2.34. The van der Waals surface area contributed by atoms with Crippen LogP contribution in [0.3, 0.4) is 0 Å². The maximum absolute atomic E-state index is 12.9. The number of amides is 1. The minimum absolute atomic E-state index is 0.108. The number of nitrogens with one attached hydrogen (secondary N) is 1. The van der Waals surface area contributed by atoms with Crippen LogP contribution >= 0.6 is 0 Å². The molecule has 0 fully saturated rings. The number of esters is 1. The zero-order chi connectivity index (χ0) is 21.1. The van der Waals surface area contributed by atoms with Gasteiger partial charge in [0.25, 0.3) is 0 Å². The molecule has 0 spiro atoms. The van der Waals surface area contributed by atoms with Gasteiger partial charge in [0.15, 0.2) is 0 Å². The molecule has 30 heavy (non-hydrogen) atoms. The van der Waals surface area contributed by atoms with Crippen molar-refractivity contribution >= 4 is 22.6 Å². The van der Waals surface area contributed by atoms with Crippen molar-refractivity contribution in [3.63, 3.8) is 0 Å². The van der Waals surface area contributed by atoms with Gasteiger partial charge >= 0.3 is 5.97 Å². The maximum atomic E-state index is 12.9. The third kappa shape index (κ3) is 4.07. The molecule has 1 heterocycles. The van der Waals surface area contributed by atoms with Crippen LogP contribution < -0.4 is 5.32 Å². The van der Waals surface area contributed by atoms with Crippen molar-refractivity contribution in [1.82, 2.24) is 10.2 Å². The quantitative estimate of drug-likeness (QED) is 0.663. The number of nitrogens with zero attached hydrogens (tertiary/aromatic N) is 1. The Morgan fingerprint density at radius 2 is 1.73 bits per heavy atom. The Labute approximate surface area is 176 Å². The van der Waals surface area contributed by atoms with E-state index in [4.69, 9.17) is 4.74 Å². The zero-order valence-electron chi connectivity index (χ0n) is 17.3. The van der Waals surface area contributed by atoms with Gasteiger partial charge in [-0.15, -0.1) is 0 Å². The van der Waals surface area contributed by atoms with Crippen LogP contribution in [-0.4, -0.2) is 36.5 Å². The molecule has 5 nitrogen and oxygen atoms in total. The van der Waals surface area contributed by atoms with E-state index in [-0.39, 0.29) is 24.5 Å². The van der Waals surface area contributed by atoms with E-state index in [1.807, 2.05) is 60.4 Å². The fraction of sp³-hybridized carbons (Fsp3) is 0.280. The van der Waals surface area contributed by atoms with E-state index in [1.54, 1.807) is 0 Å². The molecule has 0 saturated heterocycles. The van der Waals surface area contributed by atoms with Gasteiger partial charge in [-0.1, -0.05) is 66.7 Å². The smallest absolute Gasteiger partial charge is 0.323 e. The van der Waals surface area contributed by atoms with Gasteiger partial charge in [0, 0.05) is 6.54 Å². The number of ether oxygens (including phenoxy) is 1. The molecule has 3 aromatic carbocycles. The largest absolute Gasteiger partial charge is 0.468 e. The molecular formula is C25H26N2O3. The van der Waals surface area contributed by atoms with Crippen LogP contribution in [0.2, 0.25) is 0 Å². The monoisotopic (exact) mass is 402 g/mol. The minimum Gasteiger partial charge on any atom is -0.468 e. The van der Waals surface area contributed by atoms with Gasteiger partial charge in [-0.25, -0.2) is 0 Å². The minimum atomic E-state index is -0.455. The number of benzene rings is 3. The zero-order valence-corrected chi connectivity index (χ0v) is 17.3. The summed E-state index contributed by atoms with van der Waals surface area (Å²) in [5, 5.41) is 5.38. The number of hydrogen-bond acceptors (Lipinski definition) is 4. The molecule has 0 aromatic heterocycles. The summed E-state index contributed by atoms with van der Waals surface area (Å²) >= 11 is 0. The van der Waals surface area contributed by atoms with E-state index in [1.165, 1.54) is 7.11 Å². The summed E-state index contributed by atoms with van der Waals surface area (Å²) in [6.45, 7) is 2.68. The van der Waals surface area contributed by atoms with E-state index in [0.29, 0.717) is 13.0 Å². The molecule has 0 bridgehead atoms. The second kappa shape index (κ2) is 8.67. The number of rotatable bonds is 5. The van der Waals surface area contributed by atoms with Crippen molar-refractivity contribution in [2.75, 3.05) is 13.7 Å². The summed E-state index contributed by atoms with van der Waals surface area (Å²) in [7, 11) is 1.39. The van der Waals surface area contributed by atoms with E-state index >= 15 is 0 Å². The van der Waals surface area contributed by atoms with Crippen LogP contribution in [0.15, 0.2) is 66.7 Å². The first-order valence-electron chi connectivity index (χ1n) is 10.2. The first-order valence-corrected chi connectivity index (χ1v) is 10.2. The van der Waals surface area contributed by atoms with Gasteiger partial charge in [-0.05, 0) is 40.8 Å². The van der Waals surface area contributed by atoms with Crippen molar-refractivity contribution in [1.29, 1.82) is 0 Å². The average molecular weight is 402 g/mol. The summed E-state index contributed by atoms with van der Waals surface area (Å²) in [5.41, 5.74) is 3.36. The van der Waals surface area contributed by atoms with Crippen molar-refractivity contribution in [2.45, 2.75) is 32.0 Å². The van der Waals surface area contributed by atoms with Crippen LogP contribution in [-0.2, 0) is 27.3 Å². The average Bonchev–Trinajstić information content (AvgIpc) is 2.77. The number of hydrogen-bond donors (Lipinski definition) is 1. The number of carbonyl (C=O) groups is 2. The standard InChI is InChI=1S/C25H26N2O3/c1-17(21-13-7-11-18-8-5-6-12-22(18)21)26-24(28)16-27-15-20-10-4-3-9-19(20)14-23(27)25(29)30-2/h3-13,17,23H,14-16H2,1-2H3,(H,26,28). The van der Waals surface area contributed by atoms with Crippen molar-refractivity contribution in [3.8, 4) is 0 Å². The lowest BCUT2D eigenvalue weighted by molar-refractivity contribution is -0.148. The second-order valence-electron chi connectivity index (χ2n) is 7.77. The normalized spacial score (nSPS) is 17.2. The predicted molar refractivity (Wildman–Crippen MR) is 117 cm³/mol. The second-order valence-corrected chi connectivity index (χ2v) is 7.77. The van der Waals surface area contributed by atoms with Crippen LogP contribution in [0.4, 0.5) is 0 Å². The third-order valence-electron chi connectivity index (χ3n) is 5.83. The molecule has 5 heteroatoms. The Morgan fingerprint density at radius 3 is 2.53 bits per heavy atom. The third-order valence-corrected chi connectivity index (χ3v) is 5.83. The summed E-state index contributed by atoms with van der Waals surface area (Å²) in [4.78, 5) is 27.2. The highest BCUT2D eigenvalue weighted by Gasteiger charge is 2.33. The van der Waals surface area contributed by atoms with Crippen molar-refractivity contribution in [2.24, 2.45) is 0 Å². The predicted octanol–water partition coefficient (Wildman–Crippen LogP) is 3.62. The lowest BCUT2D eigenvalue weighted by Crippen LogP contribution is -2.50. The molecule has 2 atom stereocenters.